The van der Waals surface area contributed by atoms with Gasteiger partial charge in [0.2, 0.25) is 0 Å². The third-order valence-corrected chi connectivity index (χ3v) is 6.78. The number of ether oxygens (including phenoxy) is 2. The zero-order chi connectivity index (χ0) is 24.4. The van der Waals surface area contributed by atoms with Crippen molar-refractivity contribution in [3.05, 3.63) is 83.4 Å². The Balaban J connectivity index is 1.61. The van der Waals surface area contributed by atoms with Crippen molar-refractivity contribution in [2.24, 2.45) is 0 Å². The summed E-state index contributed by atoms with van der Waals surface area (Å²) in [6.07, 6.45) is 0. The molecule has 1 N–H and O–H groups in total. The van der Waals surface area contributed by atoms with Crippen molar-refractivity contribution in [1.29, 1.82) is 0 Å². The van der Waals surface area contributed by atoms with E-state index in [4.69, 9.17) is 9.47 Å². The normalized spacial score (nSPS) is 20.5. The highest BCUT2D eigenvalue weighted by atomic mass is 16.5. The van der Waals surface area contributed by atoms with Crippen molar-refractivity contribution in [1.82, 2.24) is 9.80 Å². The van der Waals surface area contributed by atoms with Crippen LogP contribution in [0.25, 0.3) is 16.5 Å². The van der Waals surface area contributed by atoms with Gasteiger partial charge in [-0.1, -0.05) is 42.5 Å². The minimum atomic E-state index is -0.691. The summed E-state index contributed by atoms with van der Waals surface area (Å²) in [6.45, 7) is 3.88. The summed E-state index contributed by atoms with van der Waals surface area (Å²) in [4.78, 5) is 30.5. The van der Waals surface area contributed by atoms with Crippen LogP contribution in [0.15, 0.2) is 72.3 Å². The molecule has 3 aromatic rings. The molecule has 1 unspecified atom stereocenters. The molecule has 2 saturated heterocycles. The van der Waals surface area contributed by atoms with Crippen molar-refractivity contribution < 1.29 is 24.2 Å². The van der Waals surface area contributed by atoms with E-state index in [0.717, 1.165) is 29.4 Å². The molecular formula is C28H28N2O5. The van der Waals surface area contributed by atoms with Gasteiger partial charge in [0.15, 0.2) is 0 Å². The maximum Gasteiger partial charge on any atom is 0.295 e. The van der Waals surface area contributed by atoms with Gasteiger partial charge in [-0.2, -0.15) is 0 Å². The van der Waals surface area contributed by atoms with Crippen LogP contribution in [-0.2, 0) is 14.3 Å². The van der Waals surface area contributed by atoms with Crippen molar-refractivity contribution >= 4 is 28.2 Å². The number of fused-ring (bicyclic) bond motifs is 1. The summed E-state index contributed by atoms with van der Waals surface area (Å²) in [5.41, 5.74) is 1.39. The molecule has 7 nitrogen and oxygen atoms in total. The highest BCUT2D eigenvalue weighted by molar-refractivity contribution is 6.46. The molecule has 2 fully saturated rings. The molecule has 1 amide bonds. The summed E-state index contributed by atoms with van der Waals surface area (Å²) in [5, 5.41) is 13.3. The smallest absolute Gasteiger partial charge is 0.295 e. The van der Waals surface area contributed by atoms with E-state index in [0.29, 0.717) is 37.6 Å². The van der Waals surface area contributed by atoms with Gasteiger partial charge in [-0.3, -0.25) is 14.5 Å². The molecule has 0 spiro atoms. The van der Waals surface area contributed by atoms with E-state index in [1.165, 1.54) is 0 Å². The topological polar surface area (TPSA) is 79.3 Å². The number of aliphatic hydroxyl groups excluding tert-OH is 1. The molecule has 2 aliphatic rings. The molecule has 2 heterocycles. The molecule has 0 bridgehead atoms. The molecule has 1 atom stereocenters. The molecule has 3 aromatic carbocycles. The van der Waals surface area contributed by atoms with Gasteiger partial charge in [0.25, 0.3) is 11.7 Å². The van der Waals surface area contributed by atoms with E-state index >= 15 is 0 Å². The van der Waals surface area contributed by atoms with Crippen molar-refractivity contribution in [3.8, 4) is 5.75 Å². The summed E-state index contributed by atoms with van der Waals surface area (Å²) >= 11 is 0. The average Bonchev–Trinajstić information content (AvgIpc) is 3.16. The number of methoxy groups -OCH3 is 1. The first kappa shape index (κ1) is 23.1. The molecule has 7 heteroatoms. The van der Waals surface area contributed by atoms with E-state index < -0.39 is 17.7 Å². The van der Waals surface area contributed by atoms with E-state index in [2.05, 4.69) is 4.90 Å². The Labute approximate surface area is 204 Å². The van der Waals surface area contributed by atoms with E-state index in [1.54, 1.807) is 36.3 Å². The van der Waals surface area contributed by atoms with E-state index in [1.807, 2.05) is 42.5 Å². The molecule has 35 heavy (non-hydrogen) atoms. The average molecular weight is 473 g/mol. The third kappa shape index (κ3) is 4.40. The molecule has 0 radical (unpaired) electrons. The van der Waals surface area contributed by atoms with Crippen LogP contribution in [0.1, 0.15) is 17.2 Å². The first-order chi connectivity index (χ1) is 17.1. The van der Waals surface area contributed by atoms with Crippen LogP contribution >= 0.6 is 0 Å². The zero-order valence-corrected chi connectivity index (χ0v) is 19.6. The lowest BCUT2D eigenvalue weighted by molar-refractivity contribution is -0.140. The second-order valence-corrected chi connectivity index (χ2v) is 8.74. The quantitative estimate of drug-likeness (QED) is 0.336. The number of rotatable bonds is 6. The van der Waals surface area contributed by atoms with Gasteiger partial charge in [-0.25, -0.2) is 0 Å². The minimum absolute atomic E-state index is 0.110. The Morgan fingerprint density at radius 3 is 2.43 bits per heavy atom. The first-order valence-corrected chi connectivity index (χ1v) is 11.8. The van der Waals surface area contributed by atoms with Crippen LogP contribution in [0.2, 0.25) is 0 Å². The fraction of sp³-hybridized carbons (Fsp3) is 0.286. The lowest BCUT2D eigenvalue weighted by atomic mass is 9.91. The number of ketones is 1. The van der Waals surface area contributed by atoms with E-state index in [-0.39, 0.29) is 11.3 Å². The third-order valence-electron chi connectivity index (χ3n) is 6.78. The maximum absolute atomic E-state index is 13.4. The Hall–Kier alpha value is -3.68. The van der Waals surface area contributed by atoms with Crippen LogP contribution in [0, 0.1) is 0 Å². The van der Waals surface area contributed by atoms with Gasteiger partial charge in [-0.15, -0.1) is 0 Å². The van der Waals surface area contributed by atoms with Gasteiger partial charge in [0, 0.05) is 31.7 Å². The first-order valence-electron chi connectivity index (χ1n) is 11.8. The van der Waals surface area contributed by atoms with Crippen LogP contribution in [0.4, 0.5) is 0 Å². The Morgan fingerprint density at radius 1 is 0.971 bits per heavy atom. The standard InChI is InChI=1S/C28H28N2O5/c1-34-21-11-9-20(10-12-21)26(31)24-25(23-8-4-6-19-5-2-3-7-22(19)23)30(28(33)27(24)32)14-13-29-15-17-35-18-16-29/h2-12,25,31H,13-18H2,1H3/b26-24-. The predicted molar refractivity (Wildman–Crippen MR) is 133 cm³/mol. The largest absolute Gasteiger partial charge is 0.507 e. The van der Waals surface area contributed by atoms with Gasteiger partial charge < -0.3 is 19.5 Å². The zero-order valence-electron chi connectivity index (χ0n) is 19.6. The number of hydrogen-bond donors (Lipinski definition) is 1. The molecular weight excluding hydrogens is 444 g/mol. The van der Waals surface area contributed by atoms with Crippen LogP contribution in [-0.4, -0.2) is 73.1 Å². The highest BCUT2D eigenvalue weighted by Gasteiger charge is 2.46. The Bertz CT molecular complexity index is 1270. The monoisotopic (exact) mass is 472 g/mol. The predicted octanol–water partition coefficient (Wildman–Crippen LogP) is 3.60. The molecule has 0 saturated carbocycles. The number of benzene rings is 3. The highest BCUT2D eigenvalue weighted by Crippen LogP contribution is 2.41. The summed E-state index contributed by atoms with van der Waals surface area (Å²) in [7, 11) is 1.56. The summed E-state index contributed by atoms with van der Waals surface area (Å²) in [6, 6.07) is 19.9. The SMILES string of the molecule is COc1ccc(/C(O)=C2/C(=O)C(=O)N(CCN3CCOCC3)C2c2cccc3ccccc23)cc1. The maximum atomic E-state index is 13.4. The molecule has 180 valence electrons. The lowest BCUT2D eigenvalue weighted by Crippen LogP contribution is -2.42. The van der Waals surface area contributed by atoms with E-state index in [9.17, 15) is 14.7 Å². The van der Waals surface area contributed by atoms with Crippen molar-refractivity contribution in [3.63, 3.8) is 0 Å². The number of morpholine rings is 1. The lowest BCUT2D eigenvalue weighted by Gasteiger charge is -2.31. The Morgan fingerprint density at radius 2 is 1.69 bits per heavy atom. The van der Waals surface area contributed by atoms with Crippen LogP contribution < -0.4 is 4.74 Å². The van der Waals surface area contributed by atoms with Crippen LogP contribution in [0.3, 0.4) is 0 Å². The minimum Gasteiger partial charge on any atom is -0.507 e. The number of carbonyl (C=O) groups excluding carboxylic acids is 2. The second-order valence-electron chi connectivity index (χ2n) is 8.74. The van der Waals surface area contributed by atoms with Crippen molar-refractivity contribution in [2.45, 2.75) is 6.04 Å². The number of carbonyl (C=O) groups is 2. The van der Waals surface area contributed by atoms with Crippen molar-refractivity contribution in [2.75, 3.05) is 46.5 Å². The molecule has 0 aliphatic carbocycles. The number of hydrogen-bond acceptors (Lipinski definition) is 6. The molecule has 0 aromatic heterocycles. The molecule has 5 rings (SSSR count). The summed E-state index contributed by atoms with van der Waals surface area (Å²) < 4.78 is 10.7. The van der Waals surface area contributed by atoms with Gasteiger partial charge in [0.1, 0.15) is 11.5 Å². The van der Waals surface area contributed by atoms with Gasteiger partial charge in [0.05, 0.1) is 31.9 Å². The fourth-order valence-corrected chi connectivity index (χ4v) is 4.90. The summed E-state index contributed by atoms with van der Waals surface area (Å²) in [5.74, 6) is -0.805. The van der Waals surface area contributed by atoms with Gasteiger partial charge >= 0.3 is 0 Å². The fourth-order valence-electron chi connectivity index (χ4n) is 4.90. The van der Waals surface area contributed by atoms with Gasteiger partial charge in [-0.05, 0) is 40.6 Å². The second kappa shape index (κ2) is 9.90. The number of nitrogens with zero attached hydrogens (tertiary/aromatic N) is 2. The Kier molecular flexibility index (Phi) is 6.53. The number of likely N-dealkylation sites (tertiary alicyclic amines) is 1. The molecule has 2 aliphatic heterocycles. The number of amides is 1. The van der Waals surface area contributed by atoms with Crippen LogP contribution in [0.5, 0.6) is 5.75 Å². The number of Topliss-reactive ketones (excluding diaryl/α,β-unsaturated/α-hetero) is 1. The number of aliphatic hydroxyl groups is 1.